The summed E-state index contributed by atoms with van der Waals surface area (Å²) in [5.74, 6) is -1.78. The molecule has 0 radical (unpaired) electrons. The van der Waals surface area contributed by atoms with E-state index in [0.29, 0.717) is 17.3 Å². The SMILES string of the molecule is COC(=O)C=C1SC(N2N=C(c3ccccc3)CC2(O)C(F)(F)F)=NC1=O. The average Bonchev–Trinajstić information content (AvgIpc) is 3.16. The van der Waals surface area contributed by atoms with Crippen LogP contribution >= 0.6 is 11.8 Å². The number of alkyl halides is 3. The number of amides is 1. The number of hydrogen-bond donors (Lipinski definition) is 1. The molecule has 0 spiro atoms. The summed E-state index contributed by atoms with van der Waals surface area (Å²) in [6.45, 7) is 0. The molecule has 1 N–H and O–H groups in total. The number of aliphatic imine (C=N–C) groups is 1. The molecule has 1 aromatic rings. The molecule has 1 aromatic carbocycles. The Bertz CT molecular complexity index is 883. The van der Waals surface area contributed by atoms with E-state index in [1.165, 1.54) is 0 Å². The van der Waals surface area contributed by atoms with Crippen LogP contribution in [0.4, 0.5) is 13.2 Å². The van der Waals surface area contributed by atoms with Crippen molar-refractivity contribution in [3.8, 4) is 0 Å². The third kappa shape index (κ3) is 3.47. The maximum atomic E-state index is 13.6. The van der Waals surface area contributed by atoms with Gasteiger partial charge < -0.3 is 9.84 Å². The van der Waals surface area contributed by atoms with Gasteiger partial charge >= 0.3 is 12.1 Å². The van der Waals surface area contributed by atoms with Crippen molar-refractivity contribution < 1.29 is 32.6 Å². The van der Waals surface area contributed by atoms with Crippen LogP contribution in [0.25, 0.3) is 0 Å². The van der Waals surface area contributed by atoms with Crippen LogP contribution in [-0.2, 0) is 14.3 Å². The summed E-state index contributed by atoms with van der Waals surface area (Å²) in [5, 5.41) is 14.0. The van der Waals surface area contributed by atoms with Crippen LogP contribution < -0.4 is 0 Å². The van der Waals surface area contributed by atoms with E-state index < -0.39 is 35.4 Å². The first-order chi connectivity index (χ1) is 12.7. The van der Waals surface area contributed by atoms with Gasteiger partial charge in [-0.15, -0.1) is 0 Å². The van der Waals surface area contributed by atoms with Gasteiger partial charge in [0.1, 0.15) is 0 Å². The fourth-order valence-electron chi connectivity index (χ4n) is 2.41. The number of aliphatic hydroxyl groups is 1. The topological polar surface area (TPSA) is 91.6 Å². The number of halogens is 3. The molecule has 2 aliphatic rings. The van der Waals surface area contributed by atoms with Gasteiger partial charge in [-0.3, -0.25) is 4.79 Å². The first-order valence-corrected chi connectivity index (χ1v) is 8.30. The normalized spacial score (nSPS) is 24.3. The van der Waals surface area contributed by atoms with E-state index in [4.69, 9.17) is 0 Å². The molecule has 0 saturated carbocycles. The number of nitrogens with zero attached hydrogens (tertiary/aromatic N) is 3. The number of carbonyl (C=O) groups excluding carboxylic acids is 2. The molecule has 1 atom stereocenters. The highest BCUT2D eigenvalue weighted by molar-refractivity contribution is 8.18. The maximum Gasteiger partial charge on any atom is 0.438 e. The minimum atomic E-state index is -5.08. The lowest BCUT2D eigenvalue weighted by atomic mass is 10.0. The number of thioether (sulfide) groups is 1. The number of carbonyl (C=O) groups is 2. The summed E-state index contributed by atoms with van der Waals surface area (Å²) in [6.07, 6.45) is -5.10. The standard InChI is InChI=1S/C16H12F3N3O4S/c1-26-12(23)7-11-13(24)20-14(27-11)22-15(25,16(17,18)19)8-10(21-22)9-5-3-2-4-6-9/h2-7,25H,8H2,1H3. The summed E-state index contributed by atoms with van der Waals surface area (Å²) in [7, 11) is 1.09. The second-order valence-corrected chi connectivity index (χ2v) is 6.56. The summed E-state index contributed by atoms with van der Waals surface area (Å²) >= 11 is 0.495. The van der Waals surface area contributed by atoms with Gasteiger partial charge in [0.25, 0.3) is 11.6 Å². The minimum absolute atomic E-state index is 0.0171. The highest BCUT2D eigenvalue weighted by Gasteiger charge is 2.63. The zero-order chi connectivity index (χ0) is 19.8. The Labute approximate surface area is 155 Å². The fourth-order valence-corrected chi connectivity index (χ4v) is 3.31. The van der Waals surface area contributed by atoms with Crippen LogP contribution in [-0.4, -0.2) is 51.9 Å². The molecule has 142 valence electrons. The molecule has 0 bridgehead atoms. The fraction of sp³-hybridized carbons (Fsp3) is 0.250. The highest BCUT2D eigenvalue weighted by Crippen LogP contribution is 2.44. The Morgan fingerprint density at radius 3 is 2.63 bits per heavy atom. The lowest BCUT2D eigenvalue weighted by Crippen LogP contribution is -2.56. The predicted octanol–water partition coefficient (Wildman–Crippen LogP) is 2.03. The lowest BCUT2D eigenvalue weighted by molar-refractivity contribution is -0.294. The minimum Gasteiger partial charge on any atom is -0.466 e. The first-order valence-electron chi connectivity index (χ1n) is 7.48. The number of amidine groups is 1. The summed E-state index contributed by atoms with van der Waals surface area (Å²) < 4.78 is 45.2. The van der Waals surface area contributed by atoms with Crippen molar-refractivity contribution in [2.24, 2.45) is 10.1 Å². The third-order valence-corrected chi connectivity index (χ3v) is 4.75. The quantitative estimate of drug-likeness (QED) is 0.605. The van der Waals surface area contributed by atoms with E-state index in [9.17, 15) is 27.9 Å². The van der Waals surface area contributed by atoms with Crippen molar-refractivity contribution in [1.29, 1.82) is 0 Å². The number of ether oxygens (including phenoxy) is 1. The van der Waals surface area contributed by atoms with Crippen molar-refractivity contribution in [2.45, 2.75) is 18.3 Å². The van der Waals surface area contributed by atoms with Crippen molar-refractivity contribution in [2.75, 3.05) is 7.11 Å². The molecular formula is C16H12F3N3O4S. The van der Waals surface area contributed by atoms with Gasteiger partial charge in [0.05, 0.1) is 24.1 Å². The Kier molecular flexibility index (Phi) is 4.82. The van der Waals surface area contributed by atoms with E-state index in [0.717, 1.165) is 13.2 Å². The molecule has 3 rings (SSSR count). The van der Waals surface area contributed by atoms with Crippen LogP contribution in [0.1, 0.15) is 12.0 Å². The van der Waals surface area contributed by atoms with E-state index in [-0.39, 0.29) is 15.6 Å². The molecule has 0 saturated heterocycles. The van der Waals surface area contributed by atoms with E-state index in [1.54, 1.807) is 30.3 Å². The van der Waals surface area contributed by atoms with Gasteiger partial charge in [-0.05, 0) is 17.3 Å². The Balaban J connectivity index is 1.99. The second kappa shape index (κ2) is 6.82. The number of hydrogen-bond acceptors (Lipinski definition) is 7. The molecule has 2 heterocycles. The van der Waals surface area contributed by atoms with E-state index >= 15 is 0 Å². The van der Waals surface area contributed by atoms with Crippen LogP contribution in [0.2, 0.25) is 0 Å². The zero-order valence-electron chi connectivity index (χ0n) is 13.7. The molecule has 0 aromatic heterocycles. The monoisotopic (exact) mass is 399 g/mol. The zero-order valence-corrected chi connectivity index (χ0v) is 14.5. The van der Waals surface area contributed by atoms with Crippen LogP contribution in [0, 0.1) is 0 Å². The highest BCUT2D eigenvalue weighted by atomic mass is 32.2. The molecule has 7 nitrogen and oxygen atoms in total. The predicted molar refractivity (Wildman–Crippen MR) is 90.6 cm³/mol. The van der Waals surface area contributed by atoms with Gasteiger partial charge in [0.15, 0.2) is 5.17 Å². The Hall–Kier alpha value is -2.66. The Morgan fingerprint density at radius 1 is 1.37 bits per heavy atom. The maximum absolute atomic E-state index is 13.6. The van der Waals surface area contributed by atoms with Crippen LogP contribution in [0.5, 0.6) is 0 Å². The van der Waals surface area contributed by atoms with Crippen LogP contribution in [0.15, 0.2) is 51.4 Å². The number of rotatable bonds is 2. The molecule has 27 heavy (non-hydrogen) atoms. The molecule has 11 heteroatoms. The van der Waals surface area contributed by atoms with Gasteiger partial charge in [-0.25, -0.2) is 4.79 Å². The largest absolute Gasteiger partial charge is 0.466 e. The number of methoxy groups -OCH3 is 1. The van der Waals surface area contributed by atoms with Gasteiger partial charge in [0, 0.05) is 6.08 Å². The molecule has 0 aliphatic carbocycles. The molecular weight excluding hydrogens is 387 g/mol. The first kappa shape index (κ1) is 19.1. The van der Waals surface area contributed by atoms with Crippen molar-refractivity contribution in [3.63, 3.8) is 0 Å². The van der Waals surface area contributed by atoms with Crippen LogP contribution in [0.3, 0.4) is 0 Å². The number of esters is 1. The van der Waals surface area contributed by atoms with Crippen molar-refractivity contribution in [3.05, 3.63) is 46.9 Å². The summed E-state index contributed by atoms with van der Waals surface area (Å²) in [5.41, 5.74) is -3.00. The smallest absolute Gasteiger partial charge is 0.438 e. The van der Waals surface area contributed by atoms with E-state index in [1.807, 2.05) is 0 Å². The molecule has 1 amide bonds. The van der Waals surface area contributed by atoms with E-state index in [2.05, 4.69) is 14.8 Å². The summed E-state index contributed by atoms with van der Waals surface area (Å²) in [6, 6.07) is 8.03. The van der Waals surface area contributed by atoms with Gasteiger partial charge in [0.2, 0.25) is 0 Å². The summed E-state index contributed by atoms with van der Waals surface area (Å²) in [4.78, 5) is 26.4. The third-order valence-electron chi connectivity index (χ3n) is 3.79. The number of hydrazone groups is 1. The van der Waals surface area contributed by atoms with Crippen molar-refractivity contribution >= 4 is 34.5 Å². The molecule has 0 fully saturated rings. The average molecular weight is 399 g/mol. The Morgan fingerprint density at radius 2 is 2.04 bits per heavy atom. The molecule has 1 unspecified atom stereocenters. The van der Waals surface area contributed by atoms with Gasteiger partial charge in [-0.2, -0.15) is 28.3 Å². The second-order valence-electron chi connectivity index (χ2n) is 5.55. The van der Waals surface area contributed by atoms with Crippen molar-refractivity contribution in [1.82, 2.24) is 5.01 Å². The number of benzene rings is 1. The lowest BCUT2D eigenvalue weighted by Gasteiger charge is -2.33. The molecule has 2 aliphatic heterocycles. The van der Waals surface area contributed by atoms with Gasteiger partial charge in [-0.1, -0.05) is 30.3 Å².